The first kappa shape index (κ1) is 28.3. The lowest BCUT2D eigenvalue weighted by Gasteiger charge is -2.26. The van der Waals surface area contributed by atoms with Crippen LogP contribution in [-0.4, -0.2) is 33.4 Å². The zero-order valence-corrected chi connectivity index (χ0v) is 21.4. The number of alkyl halides is 3. The van der Waals surface area contributed by atoms with Crippen LogP contribution in [0.4, 0.5) is 24.5 Å². The molecule has 0 unspecified atom stereocenters. The maximum absolute atomic E-state index is 13.4. The molecule has 0 fully saturated rings. The molecule has 0 bridgehead atoms. The van der Waals surface area contributed by atoms with Crippen molar-refractivity contribution in [3.8, 4) is 0 Å². The standard InChI is InChI=1S/C24H19Cl2F3N2O5S/c1-2-36-23(33)15-8-11-20(19(26)12-15)30-22(32)14-31(37(34,35)17-6-4-3-5-7-17)21-13-16(24(27,28)29)9-10-18(21)25/h3-13H,2,14H2,1H3,(H,30,32). The molecule has 196 valence electrons. The molecule has 0 saturated heterocycles. The zero-order valence-electron chi connectivity index (χ0n) is 19.1. The third kappa shape index (κ3) is 6.73. The Bertz CT molecular complexity index is 1420. The number of benzene rings is 3. The highest BCUT2D eigenvalue weighted by atomic mass is 35.5. The van der Waals surface area contributed by atoms with Crippen molar-refractivity contribution >= 4 is 56.5 Å². The second-order valence-corrected chi connectivity index (χ2v) is 10.1. The summed E-state index contributed by atoms with van der Waals surface area (Å²) in [5, 5.41) is 2.03. The molecule has 13 heteroatoms. The van der Waals surface area contributed by atoms with Gasteiger partial charge in [0.05, 0.1) is 44.0 Å². The summed E-state index contributed by atoms with van der Waals surface area (Å²) >= 11 is 12.3. The van der Waals surface area contributed by atoms with Gasteiger partial charge in [0.1, 0.15) is 6.54 Å². The molecule has 3 aromatic rings. The van der Waals surface area contributed by atoms with Gasteiger partial charge in [-0.15, -0.1) is 0 Å². The van der Waals surface area contributed by atoms with Crippen molar-refractivity contribution in [2.75, 3.05) is 22.8 Å². The fourth-order valence-electron chi connectivity index (χ4n) is 3.18. The summed E-state index contributed by atoms with van der Waals surface area (Å²) in [6, 6.07) is 12.9. The van der Waals surface area contributed by atoms with E-state index in [4.69, 9.17) is 27.9 Å². The fraction of sp³-hybridized carbons (Fsp3) is 0.167. The molecule has 0 spiro atoms. The summed E-state index contributed by atoms with van der Waals surface area (Å²) in [4.78, 5) is 24.5. The lowest BCUT2D eigenvalue weighted by molar-refractivity contribution is -0.137. The van der Waals surface area contributed by atoms with Gasteiger partial charge in [0.2, 0.25) is 5.91 Å². The van der Waals surface area contributed by atoms with E-state index in [1.807, 2.05) is 0 Å². The van der Waals surface area contributed by atoms with Crippen molar-refractivity contribution in [2.24, 2.45) is 0 Å². The van der Waals surface area contributed by atoms with Gasteiger partial charge in [0.25, 0.3) is 10.0 Å². The molecule has 3 rings (SSSR count). The van der Waals surface area contributed by atoms with Crippen LogP contribution in [0.2, 0.25) is 10.0 Å². The molecule has 1 amide bonds. The maximum atomic E-state index is 13.4. The number of anilines is 2. The van der Waals surface area contributed by atoms with Crippen molar-refractivity contribution < 1.29 is 35.9 Å². The molecule has 0 atom stereocenters. The molecule has 37 heavy (non-hydrogen) atoms. The van der Waals surface area contributed by atoms with Gasteiger partial charge in [-0.1, -0.05) is 41.4 Å². The number of ether oxygens (including phenoxy) is 1. The van der Waals surface area contributed by atoms with E-state index < -0.39 is 45.9 Å². The lowest BCUT2D eigenvalue weighted by Crippen LogP contribution is -2.38. The van der Waals surface area contributed by atoms with E-state index in [0.29, 0.717) is 16.4 Å². The van der Waals surface area contributed by atoms with Crippen molar-refractivity contribution in [3.05, 3.63) is 87.9 Å². The highest BCUT2D eigenvalue weighted by Crippen LogP contribution is 2.37. The molecule has 0 heterocycles. The molecule has 0 saturated carbocycles. The van der Waals surface area contributed by atoms with Gasteiger partial charge in [-0.05, 0) is 55.5 Å². The minimum absolute atomic E-state index is 0.0342. The van der Waals surface area contributed by atoms with E-state index in [-0.39, 0.29) is 32.8 Å². The van der Waals surface area contributed by atoms with Gasteiger partial charge in [-0.2, -0.15) is 13.2 Å². The quantitative estimate of drug-likeness (QED) is 0.332. The molecule has 0 aliphatic carbocycles. The van der Waals surface area contributed by atoms with Crippen molar-refractivity contribution in [2.45, 2.75) is 18.0 Å². The van der Waals surface area contributed by atoms with Crippen LogP contribution in [0, 0.1) is 0 Å². The Morgan fingerprint density at radius 1 is 0.973 bits per heavy atom. The van der Waals surface area contributed by atoms with Crippen LogP contribution in [0.25, 0.3) is 0 Å². The number of nitrogens with zero attached hydrogens (tertiary/aromatic N) is 1. The number of hydrogen-bond donors (Lipinski definition) is 1. The Hall–Kier alpha value is -3.28. The van der Waals surface area contributed by atoms with Crippen LogP contribution in [0.15, 0.2) is 71.6 Å². The second kappa shape index (κ2) is 11.4. The predicted octanol–water partition coefficient (Wildman–Crippen LogP) is 6.02. The topological polar surface area (TPSA) is 92.8 Å². The Labute approximate surface area is 220 Å². The van der Waals surface area contributed by atoms with Crippen molar-refractivity contribution in [1.82, 2.24) is 0 Å². The molecule has 3 aromatic carbocycles. The Morgan fingerprint density at radius 2 is 1.65 bits per heavy atom. The number of rotatable bonds is 8. The first-order chi connectivity index (χ1) is 17.3. The molecular formula is C24H19Cl2F3N2O5S. The van der Waals surface area contributed by atoms with Gasteiger partial charge in [0, 0.05) is 0 Å². The van der Waals surface area contributed by atoms with Crippen molar-refractivity contribution in [1.29, 1.82) is 0 Å². The summed E-state index contributed by atoms with van der Waals surface area (Å²) in [7, 11) is -4.53. The number of carbonyl (C=O) groups is 2. The monoisotopic (exact) mass is 574 g/mol. The van der Waals surface area contributed by atoms with Crippen LogP contribution in [0.3, 0.4) is 0 Å². The Balaban J connectivity index is 1.99. The van der Waals surface area contributed by atoms with E-state index >= 15 is 0 Å². The van der Waals surface area contributed by atoms with Gasteiger partial charge in [-0.25, -0.2) is 13.2 Å². The number of hydrogen-bond acceptors (Lipinski definition) is 5. The number of amides is 1. The van der Waals surface area contributed by atoms with Crippen LogP contribution >= 0.6 is 23.2 Å². The first-order valence-electron chi connectivity index (χ1n) is 10.6. The smallest absolute Gasteiger partial charge is 0.416 e. The third-order valence-electron chi connectivity index (χ3n) is 4.91. The second-order valence-electron chi connectivity index (χ2n) is 7.45. The minimum atomic E-state index is -4.79. The normalized spacial score (nSPS) is 11.6. The predicted molar refractivity (Wildman–Crippen MR) is 133 cm³/mol. The molecule has 0 aromatic heterocycles. The van der Waals surface area contributed by atoms with E-state index in [9.17, 15) is 31.2 Å². The van der Waals surface area contributed by atoms with Crippen LogP contribution in [-0.2, 0) is 25.7 Å². The molecular weight excluding hydrogens is 556 g/mol. The van der Waals surface area contributed by atoms with Crippen LogP contribution in [0.5, 0.6) is 0 Å². The molecule has 1 N–H and O–H groups in total. The summed E-state index contributed by atoms with van der Waals surface area (Å²) in [6.45, 7) is 0.826. The largest absolute Gasteiger partial charge is 0.462 e. The third-order valence-corrected chi connectivity index (χ3v) is 7.32. The van der Waals surface area contributed by atoms with Gasteiger partial charge >= 0.3 is 12.1 Å². The van der Waals surface area contributed by atoms with Gasteiger partial charge < -0.3 is 10.1 Å². The summed E-state index contributed by atoms with van der Waals surface area (Å²) in [5.41, 5.74) is -1.54. The average Bonchev–Trinajstić information content (AvgIpc) is 2.84. The van der Waals surface area contributed by atoms with Gasteiger partial charge in [0.15, 0.2) is 0 Å². The Kier molecular flexibility index (Phi) is 8.72. The first-order valence-corrected chi connectivity index (χ1v) is 12.7. The lowest BCUT2D eigenvalue weighted by atomic mass is 10.2. The van der Waals surface area contributed by atoms with Crippen LogP contribution < -0.4 is 9.62 Å². The summed E-state index contributed by atoms with van der Waals surface area (Å²) < 4.78 is 72.3. The molecule has 7 nitrogen and oxygen atoms in total. The highest BCUT2D eigenvalue weighted by molar-refractivity contribution is 7.92. The number of halogens is 5. The van der Waals surface area contributed by atoms with E-state index in [2.05, 4.69) is 5.32 Å². The van der Waals surface area contributed by atoms with Crippen LogP contribution in [0.1, 0.15) is 22.8 Å². The van der Waals surface area contributed by atoms with E-state index in [1.165, 1.54) is 42.5 Å². The maximum Gasteiger partial charge on any atom is 0.416 e. The number of esters is 1. The minimum Gasteiger partial charge on any atom is -0.462 e. The molecule has 0 radical (unpaired) electrons. The summed E-state index contributed by atoms with van der Waals surface area (Å²) in [5.74, 6) is -1.57. The number of nitrogens with one attached hydrogen (secondary N) is 1. The van der Waals surface area contributed by atoms with E-state index in [1.54, 1.807) is 13.0 Å². The average molecular weight is 575 g/mol. The van der Waals surface area contributed by atoms with Gasteiger partial charge in [-0.3, -0.25) is 9.10 Å². The fourth-order valence-corrected chi connectivity index (χ4v) is 5.13. The number of sulfonamides is 1. The highest BCUT2D eigenvalue weighted by Gasteiger charge is 2.34. The summed E-state index contributed by atoms with van der Waals surface area (Å²) in [6.07, 6.45) is -4.79. The molecule has 0 aliphatic heterocycles. The van der Waals surface area contributed by atoms with Crippen molar-refractivity contribution in [3.63, 3.8) is 0 Å². The van der Waals surface area contributed by atoms with E-state index in [0.717, 1.165) is 6.07 Å². The number of carbonyl (C=O) groups excluding carboxylic acids is 2. The molecule has 0 aliphatic rings. The Morgan fingerprint density at radius 3 is 2.24 bits per heavy atom. The zero-order chi connectivity index (χ0) is 27.4. The SMILES string of the molecule is CCOC(=O)c1ccc(NC(=O)CN(c2cc(C(F)(F)F)ccc2Cl)S(=O)(=O)c2ccccc2)c(Cl)c1.